The number of alkyl halides is 1. The summed E-state index contributed by atoms with van der Waals surface area (Å²) in [6, 6.07) is 8.67. The second kappa shape index (κ2) is 6.09. The molecule has 0 bridgehead atoms. The van der Waals surface area contributed by atoms with Crippen LogP contribution in [0.15, 0.2) is 40.9 Å². The molecule has 0 aromatic heterocycles. The first-order valence-electron chi connectivity index (χ1n) is 5.51. The Labute approximate surface area is 125 Å². The highest BCUT2D eigenvalue weighted by molar-refractivity contribution is 9.11. The van der Waals surface area contributed by atoms with Gasteiger partial charge >= 0.3 is 0 Å². The number of rotatable bonds is 3. The molecule has 0 aliphatic rings. The van der Waals surface area contributed by atoms with E-state index >= 15 is 0 Å². The van der Waals surface area contributed by atoms with E-state index < -0.39 is 11.6 Å². The fourth-order valence-electron chi connectivity index (χ4n) is 1.77. The lowest BCUT2D eigenvalue weighted by Gasteiger charge is -2.13. The fourth-order valence-corrected chi connectivity index (χ4v) is 3.35. The first-order valence-corrected chi connectivity index (χ1v) is 7.22. The maximum absolute atomic E-state index is 13.6. The minimum Gasteiger partial charge on any atom is -0.206 e. The molecule has 100 valence electrons. The molecular weight excluding hydrogens is 385 g/mol. The Balaban J connectivity index is 2.28. The zero-order valence-corrected chi connectivity index (χ0v) is 12.8. The average Bonchev–Trinajstić information content (AvgIpc) is 2.38. The minimum atomic E-state index is -0.879. The molecule has 1 unspecified atom stereocenters. The van der Waals surface area contributed by atoms with Crippen LogP contribution in [0.4, 0.5) is 13.2 Å². The summed E-state index contributed by atoms with van der Waals surface area (Å²) in [6.07, 6.45) is 0.228. The van der Waals surface area contributed by atoms with Gasteiger partial charge in [0.15, 0.2) is 11.6 Å². The van der Waals surface area contributed by atoms with Crippen LogP contribution in [0.5, 0.6) is 0 Å². The third kappa shape index (κ3) is 3.20. The Morgan fingerprint density at radius 3 is 2.32 bits per heavy atom. The Morgan fingerprint density at radius 1 is 0.947 bits per heavy atom. The summed E-state index contributed by atoms with van der Waals surface area (Å²) >= 11 is 6.53. The highest BCUT2D eigenvalue weighted by Gasteiger charge is 2.17. The van der Waals surface area contributed by atoms with Crippen LogP contribution in [-0.2, 0) is 6.42 Å². The topological polar surface area (TPSA) is 0 Å². The third-order valence-corrected chi connectivity index (χ3v) is 4.40. The summed E-state index contributed by atoms with van der Waals surface area (Å²) in [7, 11) is 0. The maximum Gasteiger partial charge on any atom is 0.162 e. The summed E-state index contributed by atoms with van der Waals surface area (Å²) in [5, 5.41) is 0. The molecule has 0 amide bonds. The number of benzene rings is 2. The van der Waals surface area contributed by atoms with Crippen molar-refractivity contribution in [1.29, 1.82) is 0 Å². The Morgan fingerprint density at radius 2 is 1.58 bits per heavy atom. The largest absolute Gasteiger partial charge is 0.206 e. The van der Waals surface area contributed by atoms with Gasteiger partial charge < -0.3 is 0 Å². The van der Waals surface area contributed by atoms with Crippen molar-refractivity contribution in [1.82, 2.24) is 0 Å². The van der Waals surface area contributed by atoms with Gasteiger partial charge in [0.1, 0.15) is 5.82 Å². The summed E-state index contributed by atoms with van der Waals surface area (Å²) in [6.45, 7) is 0. The summed E-state index contributed by atoms with van der Waals surface area (Å²) < 4.78 is 40.4. The van der Waals surface area contributed by atoms with Crippen LogP contribution in [0.25, 0.3) is 0 Å². The molecule has 0 fully saturated rings. The van der Waals surface area contributed by atoms with Crippen molar-refractivity contribution in [2.24, 2.45) is 0 Å². The van der Waals surface area contributed by atoms with Gasteiger partial charge in [-0.3, -0.25) is 0 Å². The molecule has 0 aliphatic carbocycles. The molecule has 2 aromatic rings. The SMILES string of the molecule is Fc1cccc(CC(Br)c2cccc(F)c2Br)c1F. The molecule has 0 saturated carbocycles. The van der Waals surface area contributed by atoms with Crippen LogP contribution in [0.2, 0.25) is 0 Å². The second-order valence-electron chi connectivity index (χ2n) is 4.03. The molecule has 0 heterocycles. The lowest BCUT2D eigenvalue weighted by atomic mass is 10.0. The lowest BCUT2D eigenvalue weighted by Crippen LogP contribution is -2.01. The Bertz CT molecular complexity index is 599. The van der Waals surface area contributed by atoms with Gasteiger partial charge in [-0.1, -0.05) is 40.2 Å². The van der Waals surface area contributed by atoms with Gasteiger partial charge in [-0.2, -0.15) is 0 Å². The number of hydrogen-bond acceptors (Lipinski definition) is 0. The Kier molecular flexibility index (Phi) is 4.68. The maximum atomic E-state index is 13.6. The smallest absolute Gasteiger partial charge is 0.162 e. The van der Waals surface area contributed by atoms with Crippen LogP contribution in [0.3, 0.4) is 0 Å². The van der Waals surface area contributed by atoms with Crippen molar-refractivity contribution in [3.63, 3.8) is 0 Å². The zero-order chi connectivity index (χ0) is 14.0. The van der Waals surface area contributed by atoms with Gasteiger partial charge in [-0.05, 0) is 45.6 Å². The quantitative estimate of drug-likeness (QED) is 0.600. The monoisotopic (exact) mass is 392 g/mol. The van der Waals surface area contributed by atoms with Gasteiger partial charge in [-0.25, -0.2) is 13.2 Å². The number of hydrogen-bond donors (Lipinski definition) is 0. The van der Waals surface area contributed by atoms with E-state index in [0.717, 1.165) is 6.07 Å². The molecule has 5 heteroatoms. The van der Waals surface area contributed by atoms with Crippen molar-refractivity contribution in [3.8, 4) is 0 Å². The van der Waals surface area contributed by atoms with Crippen LogP contribution >= 0.6 is 31.9 Å². The van der Waals surface area contributed by atoms with E-state index in [2.05, 4.69) is 31.9 Å². The molecule has 0 nitrogen and oxygen atoms in total. The molecule has 2 rings (SSSR count). The standard InChI is InChI=1S/C14H9Br2F3/c15-10(9-4-2-5-11(17)13(9)16)7-8-3-1-6-12(18)14(8)19/h1-6,10H,7H2. The van der Waals surface area contributed by atoms with E-state index in [9.17, 15) is 13.2 Å². The summed E-state index contributed by atoms with van der Waals surface area (Å²) in [5.41, 5.74) is 0.904. The highest BCUT2D eigenvalue weighted by atomic mass is 79.9. The molecular formula is C14H9Br2F3. The first kappa shape index (κ1) is 14.6. The van der Waals surface area contributed by atoms with Crippen molar-refractivity contribution >= 4 is 31.9 Å². The summed E-state index contributed by atoms with van der Waals surface area (Å²) in [5.74, 6) is -2.13. The van der Waals surface area contributed by atoms with Gasteiger partial charge in [-0.15, -0.1) is 0 Å². The van der Waals surface area contributed by atoms with E-state index in [1.807, 2.05) is 0 Å². The van der Waals surface area contributed by atoms with Crippen LogP contribution in [-0.4, -0.2) is 0 Å². The number of halogens is 5. The van der Waals surface area contributed by atoms with Crippen molar-refractivity contribution in [2.45, 2.75) is 11.2 Å². The first-order chi connectivity index (χ1) is 9.00. The predicted octanol–water partition coefficient (Wildman–Crippen LogP) is 5.55. The van der Waals surface area contributed by atoms with E-state index in [0.29, 0.717) is 10.0 Å². The zero-order valence-electron chi connectivity index (χ0n) is 9.64. The molecule has 0 aliphatic heterocycles. The van der Waals surface area contributed by atoms with Crippen molar-refractivity contribution in [3.05, 3.63) is 69.4 Å². The van der Waals surface area contributed by atoms with E-state index in [1.165, 1.54) is 18.2 Å². The summed E-state index contributed by atoms with van der Waals surface area (Å²) in [4.78, 5) is -0.311. The van der Waals surface area contributed by atoms with Gasteiger partial charge in [0.05, 0.1) is 4.47 Å². The van der Waals surface area contributed by atoms with Crippen molar-refractivity contribution < 1.29 is 13.2 Å². The average molecular weight is 394 g/mol. The van der Waals surface area contributed by atoms with Crippen molar-refractivity contribution in [2.75, 3.05) is 0 Å². The highest BCUT2D eigenvalue weighted by Crippen LogP contribution is 2.34. The molecule has 0 N–H and O–H groups in total. The van der Waals surface area contributed by atoms with E-state index in [1.54, 1.807) is 12.1 Å². The molecule has 1 atom stereocenters. The fraction of sp³-hybridized carbons (Fsp3) is 0.143. The Hall–Kier alpha value is -0.810. The van der Waals surface area contributed by atoms with Crippen LogP contribution in [0.1, 0.15) is 16.0 Å². The van der Waals surface area contributed by atoms with Gasteiger partial charge in [0.25, 0.3) is 0 Å². The second-order valence-corrected chi connectivity index (χ2v) is 5.93. The molecule has 2 aromatic carbocycles. The molecule has 0 saturated heterocycles. The predicted molar refractivity (Wildman–Crippen MR) is 75.8 cm³/mol. The lowest BCUT2D eigenvalue weighted by molar-refractivity contribution is 0.498. The van der Waals surface area contributed by atoms with Gasteiger partial charge in [0, 0.05) is 4.83 Å². The molecule has 0 spiro atoms. The molecule has 19 heavy (non-hydrogen) atoms. The van der Waals surface area contributed by atoms with E-state index in [4.69, 9.17) is 0 Å². The minimum absolute atomic E-state index is 0.228. The van der Waals surface area contributed by atoms with Crippen LogP contribution < -0.4 is 0 Å². The molecule has 0 radical (unpaired) electrons. The van der Waals surface area contributed by atoms with E-state index in [-0.39, 0.29) is 22.6 Å². The normalized spacial score (nSPS) is 12.5. The van der Waals surface area contributed by atoms with Crippen LogP contribution in [0, 0.1) is 17.5 Å². The third-order valence-electron chi connectivity index (χ3n) is 2.75. The van der Waals surface area contributed by atoms with Gasteiger partial charge in [0.2, 0.25) is 0 Å².